The Balaban J connectivity index is -0.000000101. The SMILES string of the molecule is O.[Na+].[Na+].[Na+].[O-]OC(O)(O)OC(O)(O[O-])O[O-]. The molecule has 0 saturated carbocycles. The minimum Gasteiger partial charge on any atom is -0.717 e. The maximum Gasteiger partial charge on any atom is 1.00 e. The van der Waals surface area contributed by atoms with Gasteiger partial charge in [-0.3, -0.25) is 0 Å². The van der Waals surface area contributed by atoms with E-state index >= 15 is 0 Å². The van der Waals surface area contributed by atoms with Gasteiger partial charge in [-0.05, 0) is 0 Å². The average molecular weight is 274 g/mol. The summed E-state index contributed by atoms with van der Waals surface area (Å²) in [4.78, 5) is 7.55. The second kappa shape index (κ2) is 14.0. The fraction of sp³-hybridized carbons (Fsp3) is 1.00. The van der Waals surface area contributed by atoms with Crippen LogP contribution in [0.15, 0.2) is 0 Å². The summed E-state index contributed by atoms with van der Waals surface area (Å²) in [6, 6.07) is 0. The van der Waals surface area contributed by atoms with Crippen molar-refractivity contribution in [3.05, 3.63) is 0 Å². The Kier molecular flexibility index (Phi) is 27.2. The first-order valence-electron chi connectivity index (χ1n) is 2.19. The summed E-state index contributed by atoms with van der Waals surface area (Å²) < 4.78 is 3.14. The van der Waals surface area contributed by atoms with E-state index in [1.807, 2.05) is 0 Å². The summed E-state index contributed by atoms with van der Waals surface area (Å²) in [6.45, 7) is 0. The van der Waals surface area contributed by atoms with E-state index in [-0.39, 0.29) is 94.1 Å². The minimum absolute atomic E-state index is 0. The molecular formula is C2H5Na3O11. The molecule has 0 aromatic carbocycles. The van der Waals surface area contributed by atoms with Crippen LogP contribution in [-0.4, -0.2) is 33.1 Å². The smallest absolute Gasteiger partial charge is 0.717 e. The van der Waals surface area contributed by atoms with Crippen LogP contribution in [0.4, 0.5) is 0 Å². The number of rotatable bonds is 5. The van der Waals surface area contributed by atoms with E-state index in [4.69, 9.17) is 15.3 Å². The van der Waals surface area contributed by atoms with Crippen molar-refractivity contribution in [2.24, 2.45) is 0 Å². The molecule has 0 unspecified atom stereocenters. The van der Waals surface area contributed by atoms with Gasteiger partial charge in [0.25, 0.3) is 0 Å². The topological polar surface area (TPSA) is 198 Å². The van der Waals surface area contributed by atoms with Crippen LogP contribution >= 0.6 is 0 Å². The molecule has 0 bridgehead atoms. The van der Waals surface area contributed by atoms with Crippen LogP contribution in [0.1, 0.15) is 0 Å². The van der Waals surface area contributed by atoms with E-state index in [9.17, 15) is 15.8 Å². The second-order valence-corrected chi connectivity index (χ2v) is 1.42. The Morgan fingerprint density at radius 1 is 0.750 bits per heavy atom. The van der Waals surface area contributed by atoms with Gasteiger partial charge >= 0.3 is 101 Å². The van der Waals surface area contributed by atoms with Crippen LogP contribution in [0.5, 0.6) is 0 Å². The Labute approximate surface area is 155 Å². The van der Waals surface area contributed by atoms with Gasteiger partial charge in [0.2, 0.25) is 0 Å². The summed E-state index contributed by atoms with van der Waals surface area (Å²) in [5.74, 6) is 0. The number of ether oxygens (including phenoxy) is 1. The molecule has 82 valence electrons. The molecule has 0 spiro atoms. The van der Waals surface area contributed by atoms with Crippen LogP contribution in [0.3, 0.4) is 0 Å². The molecule has 0 aromatic heterocycles. The number of hydrogen-bond acceptors (Lipinski definition) is 10. The van der Waals surface area contributed by atoms with Crippen molar-refractivity contribution in [2.45, 2.75) is 12.3 Å². The average Bonchev–Trinajstić information content (AvgIpc) is 2.04. The third-order valence-corrected chi connectivity index (χ3v) is 0.581. The largest absolute Gasteiger partial charge is 1.00 e. The molecule has 0 rings (SSSR count). The quantitative estimate of drug-likeness (QED) is 0.187. The molecular weight excluding hydrogens is 269 g/mol. The van der Waals surface area contributed by atoms with Crippen LogP contribution in [0.25, 0.3) is 0 Å². The molecule has 0 aromatic rings. The van der Waals surface area contributed by atoms with Gasteiger partial charge < -0.3 is 51.2 Å². The van der Waals surface area contributed by atoms with E-state index in [1.54, 1.807) is 0 Å². The molecule has 0 saturated heterocycles. The molecule has 0 fully saturated rings. The van der Waals surface area contributed by atoms with Gasteiger partial charge in [-0.25, -0.2) is 4.74 Å². The molecule has 0 aliphatic carbocycles. The van der Waals surface area contributed by atoms with Gasteiger partial charge in [0.15, 0.2) is 0 Å². The van der Waals surface area contributed by atoms with Crippen LogP contribution in [0, 0.1) is 0 Å². The molecule has 5 N–H and O–H groups in total. The Bertz CT molecular complexity index is 137. The molecule has 0 radical (unpaired) electrons. The molecule has 0 aliphatic rings. The predicted molar refractivity (Wildman–Crippen MR) is 20.1 cm³/mol. The van der Waals surface area contributed by atoms with Gasteiger partial charge in [0.1, 0.15) is 0 Å². The molecule has 0 heterocycles. The minimum atomic E-state index is -3.93. The normalized spacial score (nSPS) is 10.1. The Morgan fingerprint density at radius 2 is 1.06 bits per heavy atom. The maximum atomic E-state index is 9.40. The van der Waals surface area contributed by atoms with Crippen molar-refractivity contribution < 1.29 is 145 Å². The second-order valence-electron chi connectivity index (χ2n) is 1.42. The van der Waals surface area contributed by atoms with Crippen LogP contribution in [0.2, 0.25) is 0 Å². The van der Waals surface area contributed by atoms with E-state index in [1.165, 1.54) is 0 Å². The maximum absolute atomic E-state index is 9.40. The summed E-state index contributed by atoms with van der Waals surface area (Å²) >= 11 is 0. The first-order chi connectivity index (χ1) is 5.39. The van der Waals surface area contributed by atoms with Gasteiger partial charge in [-0.15, -0.1) is 0 Å². The van der Waals surface area contributed by atoms with Gasteiger partial charge in [0.05, 0.1) is 0 Å². The summed E-state index contributed by atoms with van der Waals surface area (Å²) in [5.41, 5.74) is 0. The first-order valence-corrected chi connectivity index (χ1v) is 2.19. The zero-order valence-electron chi connectivity index (χ0n) is 8.70. The van der Waals surface area contributed by atoms with E-state index < -0.39 is 12.3 Å². The van der Waals surface area contributed by atoms with Crippen molar-refractivity contribution in [2.75, 3.05) is 0 Å². The van der Waals surface area contributed by atoms with Crippen LogP contribution in [-0.2, 0) is 19.4 Å². The Morgan fingerprint density at radius 3 is 1.25 bits per heavy atom. The molecule has 0 amide bonds. The summed E-state index contributed by atoms with van der Waals surface area (Å²) in [5, 5.41) is 52.6. The van der Waals surface area contributed by atoms with Crippen molar-refractivity contribution in [3.63, 3.8) is 0 Å². The summed E-state index contributed by atoms with van der Waals surface area (Å²) in [6.07, 6.45) is -7.79. The van der Waals surface area contributed by atoms with Gasteiger partial charge in [0, 0.05) is 0 Å². The number of aliphatic hydroxyl groups is 3. The predicted octanol–water partition coefficient (Wildman–Crippen LogP) is -15.7. The third kappa shape index (κ3) is 13.0. The molecule has 14 heteroatoms. The third-order valence-electron chi connectivity index (χ3n) is 0.581. The monoisotopic (exact) mass is 274 g/mol. The van der Waals surface area contributed by atoms with Crippen molar-refractivity contribution in [1.82, 2.24) is 0 Å². The zero-order chi connectivity index (χ0) is 9.83. The van der Waals surface area contributed by atoms with Crippen molar-refractivity contribution in [3.8, 4) is 0 Å². The molecule has 11 nitrogen and oxygen atoms in total. The zero-order valence-corrected chi connectivity index (χ0v) is 14.7. The molecule has 16 heavy (non-hydrogen) atoms. The van der Waals surface area contributed by atoms with Crippen molar-refractivity contribution >= 4 is 0 Å². The van der Waals surface area contributed by atoms with Crippen LogP contribution < -0.4 is 104 Å². The standard InChI is InChI=1S/C2H6O10.3Na.H2O/c3-1(4,10-6)9-2(5,11-7)12-8;;;;/h3-8H;;;;1H2/q;3*+1;/p-3. The first kappa shape index (κ1) is 31.1. The van der Waals surface area contributed by atoms with Gasteiger partial charge in [-0.2, -0.15) is 0 Å². The van der Waals surface area contributed by atoms with Crippen molar-refractivity contribution in [1.29, 1.82) is 0 Å². The Hall–Kier alpha value is 2.56. The fourth-order valence-corrected chi connectivity index (χ4v) is 0.233. The van der Waals surface area contributed by atoms with E-state index in [0.717, 1.165) is 0 Å². The summed E-state index contributed by atoms with van der Waals surface area (Å²) in [7, 11) is 0. The fourth-order valence-electron chi connectivity index (χ4n) is 0.233. The molecule has 0 atom stereocenters. The van der Waals surface area contributed by atoms with E-state index in [2.05, 4.69) is 19.4 Å². The van der Waals surface area contributed by atoms with E-state index in [0.29, 0.717) is 0 Å². The molecule has 0 aliphatic heterocycles. The number of hydrogen-bond donors (Lipinski definition) is 3. The van der Waals surface area contributed by atoms with Gasteiger partial charge in [-0.1, -0.05) is 0 Å².